The van der Waals surface area contributed by atoms with Crippen molar-refractivity contribution in [2.45, 2.75) is 38.0 Å². The molecule has 0 unspecified atom stereocenters. The molecular weight excluding hydrogens is 234 g/mol. The molecule has 2 aliphatic rings. The summed E-state index contributed by atoms with van der Waals surface area (Å²) in [4.78, 5) is 0. The third-order valence-corrected chi connectivity index (χ3v) is 4.39. The van der Waals surface area contributed by atoms with Gasteiger partial charge >= 0.3 is 0 Å². The maximum atomic E-state index is 6.06. The van der Waals surface area contributed by atoms with E-state index in [-0.39, 0.29) is 5.41 Å². The van der Waals surface area contributed by atoms with Gasteiger partial charge in [0, 0.05) is 11.0 Å². The Morgan fingerprint density at radius 2 is 2.11 bits per heavy atom. The molecule has 1 aliphatic heterocycles. The van der Waals surface area contributed by atoms with E-state index in [0.717, 1.165) is 31.9 Å². The Hall–Kier alpha value is -1.28. The molecule has 2 nitrogen and oxygen atoms in total. The molecule has 1 aliphatic carbocycles. The van der Waals surface area contributed by atoms with E-state index < -0.39 is 0 Å². The Kier molecular flexibility index (Phi) is 3.61. The fourth-order valence-electron chi connectivity index (χ4n) is 3.29. The van der Waals surface area contributed by atoms with E-state index in [1.54, 1.807) is 0 Å². The first-order chi connectivity index (χ1) is 9.36. The molecular formula is C17H23NO. The van der Waals surface area contributed by atoms with E-state index in [2.05, 4.69) is 42.6 Å². The lowest BCUT2D eigenvalue weighted by molar-refractivity contribution is 0.292. The summed E-state index contributed by atoms with van der Waals surface area (Å²) in [6.45, 7) is 5.25. The molecule has 0 aromatic heterocycles. The van der Waals surface area contributed by atoms with Crippen molar-refractivity contribution in [1.29, 1.82) is 0 Å². The van der Waals surface area contributed by atoms with Gasteiger partial charge in [0.15, 0.2) is 0 Å². The van der Waals surface area contributed by atoms with Gasteiger partial charge in [-0.25, -0.2) is 0 Å². The third-order valence-electron chi connectivity index (χ3n) is 4.39. The second-order valence-electron chi connectivity index (χ2n) is 5.66. The molecule has 0 atom stereocenters. The number of unbranched alkanes of at least 4 members (excludes halogenated alkanes) is 1. The number of hydrogen-bond acceptors (Lipinski definition) is 2. The fourth-order valence-corrected chi connectivity index (χ4v) is 3.29. The van der Waals surface area contributed by atoms with Crippen LogP contribution < -0.4 is 10.1 Å². The van der Waals surface area contributed by atoms with Crippen LogP contribution in [0.2, 0.25) is 0 Å². The fraction of sp³-hybridized carbons (Fsp3) is 0.529. The van der Waals surface area contributed by atoms with E-state index in [4.69, 9.17) is 4.74 Å². The maximum Gasteiger partial charge on any atom is 0.123 e. The van der Waals surface area contributed by atoms with Crippen LogP contribution in [-0.4, -0.2) is 19.7 Å². The van der Waals surface area contributed by atoms with Gasteiger partial charge in [-0.1, -0.05) is 37.6 Å². The Morgan fingerprint density at radius 1 is 1.26 bits per heavy atom. The Balaban J connectivity index is 1.90. The van der Waals surface area contributed by atoms with E-state index in [1.165, 1.54) is 30.4 Å². The molecule has 3 rings (SSSR count). The van der Waals surface area contributed by atoms with Gasteiger partial charge in [0.25, 0.3) is 0 Å². The van der Waals surface area contributed by atoms with Crippen molar-refractivity contribution in [2.75, 3.05) is 19.7 Å². The minimum absolute atomic E-state index is 0.226. The molecule has 0 amide bonds. The molecule has 1 N–H and O–H groups in total. The maximum absolute atomic E-state index is 6.06. The number of fused-ring (bicyclic) bond motifs is 2. The number of ether oxygens (including phenoxy) is 1. The van der Waals surface area contributed by atoms with Crippen LogP contribution in [0.15, 0.2) is 24.3 Å². The summed E-state index contributed by atoms with van der Waals surface area (Å²) >= 11 is 0. The minimum Gasteiger partial charge on any atom is -0.493 e. The molecule has 1 aromatic rings. The van der Waals surface area contributed by atoms with Gasteiger partial charge in [0.05, 0.1) is 6.61 Å². The summed E-state index contributed by atoms with van der Waals surface area (Å²) < 4.78 is 6.06. The van der Waals surface area contributed by atoms with E-state index in [9.17, 15) is 0 Å². The number of hydrogen-bond donors (Lipinski definition) is 1. The van der Waals surface area contributed by atoms with Crippen LogP contribution in [0.4, 0.5) is 0 Å². The Morgan fingerprint density at radius 3 is 2.89 bits per heavy atom. The molecule has 1 spiro atoms. The van der Waals surface area contributed by atoms with Crippen molar-refractivity contribution in [3.8, 4) is 5.75 Å². The standard InChI is InChI=1S/C17H23NO/c1-2-3-13-19-15-6-4-5-14-7-8-17(16(14)15)9-11-18-12-10-17/h4-8,18H,2-3,9-13H2,1H3. The summed E-state index contributed by atoms with van der Waals surface area (Å²) in [5.41, 5.74) is 3.02. The molecule has 0 bridgehead atoms. The van der Waals surface area contributed by atoms with Crippen molar-refractivity contribution in [2.24, 2.45) is 0 Å². The lowest BCUT2D eigenvalue weighted by atomic mass is 9.74. The average molecular weight is 257 g/mol. The van der Waals surface area contributed by atoms with Crippen LogP contribution in [0.1, 0.15) is 43.7 Å². The van der Waals surface area contributed by atoms with E-state index in [0.29, 0.717) is 0 Å². The van der Waals surface area contributed by atoms with Gasteiger partial charge in [0.1, 0.15) is 5.75 Å². The first kappa shape index (κ1) is 12.7. The van der Waals surface area contributed by atoms with E-state index >= 15 is 0 Å². The molecule has 1 fully saturated rings. The zero-order valence-electron chi connectivity index (χ0n) is 11.7. The van der Waals surface area contributed by atoms with Crippen LogP contribution in [0.25, 0.3) is 6.08 Å². The normalized spacial score (nSPS) is 19.6. The van der Waals surface area contributed by atoms with Gasteiger partial charge in [-0.05, 0) is 44.0 Å². The smallest absolute Gasteiger partial charge is 0.123 e. The third kappa shape index (κ3) is 2.30. The van der Waals surface area contributed by atoms with Crippen molar-refractivity contribution in [3.05, 3.63) is 35.4 Å². The van der Waals surface area contributed by atoms with Crippen LogP contribution in [0.5, 0.6) is 5.75 Å². The molecule has 102 valence electrons. The first-order valence-corrected chi connectivity index (χ1v) is 7.52. The molecule has 19 heavy (non-hydrogen) atoms. The second-order valence-corrected chi connectivity index (χ2v) is 5.66. The van der Waals surface area contributed by atoms with Gasteiger partial charge in [0.2, 0.25) is 0 Å². The number of rotatable bonds is 4. The highest BCUT2D eigenvalue weighted by Crippen LogP contribution is 2.46. The van der Waals surface area contributed by atoms with Gasteiger partial charge < -0.3 is 10.1 Å². The van der Waals surface area contributed by atoms with Crippen LogP contribution >= 0.6 is 0 Å². The number of nitrogens with one attached hydrogen (secondary N) is 1. The Bertz CT molecular complexity index is 472. The molecule has 0 radical (unpaired) electrons. The highest BCUT2D eigenvalue weighted by atomic mass is 16.5. The molecule has 1 saturated heterocycles. The summed E-state index contributed by atoms with van der Waals surface area (Å²) in [5.74, 6) is 1.11. The lowest BCUT2D eigenvalue weighted by Gasteiger charge is -2.34. The predicted molar refractivity (Wildman–Crippen MR) is 79.7 cm³/mol. The quantitative estimate of drug-likeness (QED) is 0.833. The van der Waals surface area contributed by atoms with E-state index in [1.807, 2.05) is 0 Å². The summed E-state index contributed by atoms with van der Waals surface area (Å²) in [7, 11) is 0. The summed E-state index contributed by atoms with van der Waals surface area (Å²) in [6, 6.07) is 6.48. The van der Waals surface area contributed by atoms with Crippen molar-refractivity contribution in [1.82, 2.24) is 5.32 Å². The summed E-state index contributed by atoms with van der Waals surface area (Å²) in [5, 5.41) is 3.46. The predicted octanol–water partition coefficient (Wildman–Crippen LogP) is 3.51. The number of piperidine rings is 1. The summed E-state index contributed by atoms with van der Waals surface area (Å²) in [6.07, 6.45) is 9.38. The lowest BCUT2D eigenvalue weighted by Crippen LogP contribution is -2.37. The number of benzene rings is 1. The zero-order valence-corrected chi connectivity index (χ0v) is 11.7. The van der Waals surface area contributed by atoms with Crippen molar-refractivity contribution < 1.29 is 4.74 Å². The Labute approximate surface area is 115 Å². The monoisotopic (exact) mass is 257 g/mol. The number of allylic oxidation sites excluding steroid dienone is 1. The largest absolute Gasteiger partial charge is 0.493 e. The topological polar surface area (TPSA) is 21.3 Å². The van der Waals surface area contributed by atoms with Crippen molar-refractivity contribution in [3.63, 3.8) is 0 Å². The highest BCUT2D eigenvalue weighted by Gasteiger charge is 2.38. The van der Waals surface area contributed by atoms with Crippen LogP contribution in [0, 0.1) is 0 Å². The first-order valence-electron chi connectivity index (χ1n) is 7.52. The molecule has 1 aromatic carbocycles. The van der Waals surface area contributed by atoms with Gasteiger partial charge in [-0.2, -0.15) is 0 Å². The minimum atomic E-state index is 0.226. The molecule has 1 heterocycles. The van der Waals surface area contributed by atoms with Gasteiger partial charge in [-0.15, -0.1) is 0 Å². The van der Waals surface area contributed by atoms with Gasteiger partial charge in [-0.3, -0.25) is 0 Å². The SMILES string of the molecule is CCCCOc1cccc2c1C1(C=C2)CCNCC1. The zero-order chi connectivity index (χ0) is 13.1. The highest BCUT2D eigenvalue weighted by molar-refractivity contribution is 5.69. The molecule has 2 heteroatoms. The van der Waals surface area contributed by atoms with Crippen LogP contribution in [0.3, 0.4) is 0 Å². The molecule has 0 saturated carbocycles. The second kappa shape index (κ2) is 5.38. The average Bonchev–Trinajstić information content (AvgIpc) is 2.80. The van der Waals surface area contributed by atoms with Crippen molar-refractivity contribution >= 4 is 6.08 Å². The van der Waals surface area contributed by atoms with Crippen LogP contribution in [-0.2, 0) is 5.41 Å².